The fourth-order valence-corrected chi connectivity index (χ4v) is 2.74. The molecule has 0 saturated heterocycles. The summed E-state index contributed by atoms with van der Waals surface area (Å²) in [5.74, 6) is 0.857. The quantitative estimate of drug-likeness (QED) is 0.793. The second-order valence-corrected chi connectivity index (χ2v) is 5.37. The van der Waals surface area contributed by atoms with Crippen molar-refractivity contribution < 1.29 is 4.74 Å². The Morgan fingerprint density at radius 2 is 2.15 bits per heavy atom. The minimum atomic E-state index is 0.824. The molecule has 0 aliphatic carbocycles. The van der Waals surface area contributed by atoms with Crippen molar-refractivity contribution in [3.63, 3.8) is 0 Å². The Kier molecular flexibility index (Phi) is 5.38. The van der Waals surface area contributed by atoms with Crippen LogP contribution in [-0.4, -0.2) is 25.7 Å². The van der Waals surface area contributed by atoms with E-state index in [0.29, 0.717) is 0 Å². The first-order valence-electron chi connectivity index (χ1n) is 6.78. The van der Waals surface area contributed by atoms with Crippen LogP contribution in [-0.2, 0) is 6.54 Å². The van der Waals surface area contributed by atoms with Gasteiger partial charge in [0.25, 0.3) is 0 Å². The highest BCUT2D eigenvalue weighted by molar-refractivity contribution is 7.13. The molecule has 0 amide bonds. The van der Waals surface area contributed by atoms with Gasteiger partial charge in [0.1, 0.15) is 5.75 Å². The van der Waals surface area contributed by atoms with Crippen LogP contribution in [0.1, 0.15) is 19.0 Å². The third kappa shape index (κ3) is 3.49. The normalized spacial score (nSPS) is 10.6. The molecule has 0 aliphatic rings. The zero-order valence-corrected chi connectivity index (χ0v) is 13.0. The van der Waals surface area contributed by atoms with Gasteiger partial charge in [-0.1, -0.05) is 19.1 Å². The van der Waals surface area contributed by atoms with E-state index in [9.17, 15) is 0 Å². The van der Waals surface area contributed by atoms with E-state index in [1.807, 2.05) is 31.3 Å². The summed E-state index contributed by atoms with van der Waals surface area (Å²) in [6.07, 6.45) is 1.14. The average Bonchev–Trinajstić information content (AvgIpc) is 2.95. The summed E-state index contributed by atoms with van der Waals surface area (Å²) >= 11 is 1.65. The largest absolute Gasteiger partial charge is 0.495 e. The van der Waals surface area contributed by atoms with Crippen LogP contribution in [0, 0.1) is 0 Å². The third-order valence-electron chi connectivity index (χ3n) is 3.01. The predicted molar refractivity (Wildman–Crippen MR) is 85.2 cm³/mol. The molecule has 0 radical (unpaired) electrons. The molecule has 1 aromatic carbocycles. The van der Waals surface area contributed by atoms with Gasteiger partial charge in [0.15, 0.2) is 5.13 Å². The number of anilines is 2. The second kappa shape index (κ2) is 7.26. The number of hydrogen-bond donors (Lipinski definition) is 1. The topological polar surface area (TPSA) is 37.4 Å². The van der Waals surface area contributed by atoms with Crippen LogP contribution in [0.3, 0.4) is 0 Å². The number of thiazole rings is 1. The highest BCUT2D eigenvalue weighted by Crippen LogP contribution is 2.33. The third-order valence-corrected chi connectivity index (χ3v) is 3.97. The Morgan fingerprint density at radius 3 is 2.90 bits per heavy atom. The smallest absolute Gasteiger partial charge is 0.189 e. The van der Waals surface area contributed by atoms with Crippen LogP contribution in [0.15, 0.2) is 29.6 Å². The minimum Gasteiger partial charge on any atom is -0.495 e. The SMILES string of the molecule is CCCNCc1csc(N(C)c2ccccc2OC)n1. The maximum atomic E-state index is 5.40. The molecule has 0 saturated carbocycles. The van der Waals surface area contributed by atoms with E-state index in [2.05, 4.69) is 27.5 Å². The Hall–Kier alpha value is -1.59. The maximum Gasteiger partial charge on any atom is 0.189 e. The highest BCUT2D eigenvalue weighted by Gasteiger charge is 2.12. The molecule has 0 bridgehead atoms. The van der Waals surface area contributed by atoms with Gasteiger partial charge in [-0.15, -0.1) is 11.3 Å². The van der Waals surface area contributed by atoms with Crippen LogP contribution in [0.2, 0.25) is 0 Å². The first-order valence-corrected chi connectivity index (χ1v) is 7.66. The lowest BCUT2D eigenvalue weighted by molar-refractivity contribution is 0.415. The molecule has 0 spiro atoms. The number of hydrogen-bond acceptors (Lipinski definition) is 5. The van der Waals surface area contributed by atoms with E-state index >= 15 is 0 Å². The van der Waals surface area contributed by atoms with E-state index in [4.69, 9.17) is 4.74 Å². The van der Waals surface area contributed by atoms with Gasteiger partial charge in [0, 0.05) is 19.0 Å². The standard InChI is InChI=1S/C15H21N3OS/c1-4-9-16-10-12-11-20-15(17-12)18(2)13-7-5-6-8-14(13)19-3/h5-8,11,16H,4,9-10H2,1-3H3. The molecule has 2 rings (SSSR count). The molecule has 108 valence electrons. The lowest BCUT2D eigenvalue weighted by atomic mass is 10.3. The van der Waals surface area contributed by atoms with Crippen molar-refractivity contribution in [1.29, 1.82) is 0 Å². The number of aromatic nitrogens is 1. The first-order chi connectivity index (χ1) is 9.76. The Labute approximate surface area is 124 Å². The van der Waals surface area contributed by atoms with E-state index in [1.165, 1.54) is 0 Å². The van der Waals surface area contributed by atoms with Crippen molar-refractivity contribution >= 4 is 22.2 Å². The van der Waals surface area contributed by atoms with Gasteiger partial charge in [0.05, 0.1) is 18.5 Å². The number of nitrogens with one attached hydrogen (secondary N) is 1. The summed E-state index contributed by atoms with van der Waals surface area (Å²) in [4.78, 5) is 6.72. The monoisotopic (exact) mass is 291 g/mol. The summed E-state index contributed by atoms with van der Waals surface area (Å²) in [5.41, 5.74) is 2.11. The molecule has 2 aromatic rings. The molecule has 1 heterocycles. The van der Waals surface area contributed by atoms with Crippen molar-refractivity contribution in [3.8, 4) is 5.75 Å². The predicted octanol–water partition coefficient (Wildman–Crippen LogP) is 3.42. The number of ether oxygens (including phenoxy) is 1. The fraction of sp³-hybridized carbons (Fsp3) is 0.400. The molecular formula is C15H21N3OS. The molecule has 1 aromatic heterocycles. The zero-order valence-electron chi connectivity index (χ0n) is 12.2. The molecule has 0 fully saturated rings. The fourth-order valence-electron chi connectivity index (χ4n) is 1.93. The van der Waals surface area contributed by atoms with Gasteiger partial charge in [-0.25, -0.2) is 4.98 Å². The molecule has 1 N–H and O–H groups in total. The van der Waals surface area contributed by atoms with Crippen molar-refractivity contribution in [2.45, 2.75) is 19.9 Å². The summed E-state index contributed by atoms with van der Waals surface area (Å²) in [6.45, 7) is 4.01. The highest BCUT2D eigenvalue weighted by atomic mass is 32.1. The van der Waals surface area contributed by atoms with E-state index in [-0.39, 0.29) is 0 Å². The zero-order chi connectivity index (χ0) is 14.4. The van der Waals surface area contributed by atoms with E-state index < -0.39 is 0 Å². The van der Waals surface area contributed by atoms with E-state index in [1.54, 1.807) is 18.4 Å². The first kappa shape index (κ1) is 14.8. The van der Waals surface area contributed by atoms with Gasteiger partial charge in [0.2, 0.25) is 0 Å². The van der Waals surface area contributed by atoms with Crippen LogP contribution >= 0.6 is 11.3 Å². The minimum absolute atomic E-state index is 0.824. The van der Waals surface area contributed by atoms with Crippen LogP contribution in [0.25, 0.3) is 0 Å². The summed E-state index contributed by atoms with van der Waals surface area (Å²) in [5, 5.41) is 6.44. The number of benzene rings is 1. The van der Waals surface area contributed by atoms with Gasteiger partial charge in [-0.05, 0) is 25.1 Å². The number of rotatable bonds is 7. The molecule has 5 heteroatoms. The molecule has 4 nitrogen and oxygen atoms in total. The van der Waals surface area contributed by atoms with Gasteiger partial charge >= 0.3 is 0 Å². The van der Waals surface area contributed by atoms with Crippen LogP contribution < -0.4 is 15.0 Å². The molecule has 20 heavy (non-hydrogen) atoms. The summed E-state index contributed by atoms with van der Waals surface area (Å²) < 4.78 is 5.40. The summed E-state index contributed by atoms with van der Waals surface area (Å²) in [7, 11) is 3.70. The number of para-hydroxylation sites is 2. The Balaban J connectivity index is 2.11. The van der Waals surface area contributed by atoms with Crippen molar-refractivity contribution in [2.24, 2.45) is 0 Å². The van der Waals surface area contributed by atoms with Crippen molar-refractivity contribution in [3.05, 3.63) is 35.3 Å². The molecule has 0 atom stereocenters. The Morgan fingerprint density at radius 1 is 1.35 bits per heavy atom. The number of nitrogens with zero attached hydrogens (tertiary/aromatic N) is 2. The summed E-state index contributed by atoms with van der Waals surface area (Å²) in [6, 6.07) is 7.97. The van der Waals surface area contributed by atoms with Gasteiger partial charge < -0.3 is 15.0 Å². The average molecular weight is 291 g/mol. The Bertz CT molecular complexity index is 541. The molecule has 0 unspecified atom stereocenters. The van der Waals surface area contributed by atoms with Gasteiger partial charge in [-0.2, -0.15) is 0 Å². The van der Waals surface area contributed by atoms with E-state index in [0.717, 1.165) is 41.8 Å². The van der Waals surface area contributed by atoms with Gasteiger partial charge in [-0.3, -0.25) is 0 Å². The maximum absolute atomic E-state index is 5.40. The second-order valence-electron chi connectivity index (χ2n) is 4.53. The van der Waals surface area contributed by atoms with Crippen LogP contribution in [0.4, 0.5) is 10.8 Å². The molecular weight excluding hydrogens is 270 g/mol. The van der Waals surface area contributed by atoms with Crippen molar-refractivity contribution in [1.82, 2.24) is 10.3 Å². The lowest BCUT2D eigenvalue weighted by Gasteiger charge is -2.18. The number of methoxy groups -OCH3 is 1. The van der Waals surface area contributed by atoms with Crippen LogP contribution in [0.5, 0.6) is 5.75 Å². The lowest BCUT2D eigenvalue weighted by Crippen LogP contribution is -2.14. The van der Waals surface area contributed by atoms with Crippen molar-refractivity contribution in [2.75, 3.05) is 25.6 Å². The molecule has 0 aliphatic heterocycles.